The van der Waals surface area contributed by atoms with E-state index in [1.165, 1.54) is 7.11 Å². The van der Waals surface area contributed by atoms with Crippen molar-refractivity contribution >= 4 is 5.91 Å². The van der Waals surface area contributed by atoms with Crippen LogP contribution < -0.4 is 11.1 Å². The number of nitrogens with one attached hydrogen (secondary N) is 2. The van der Waals surface area contributed by atoms with Gasteiger partial charge in [-0.1, -0.05) is 0 Å². The first-order valence-electron chi connectivity index (χ1n) is 3.13. The lowest BCUT2D eigenvalue weighted by molar-refractivity contribution is -0.124. The first-order chi connectivity index (χ1) is 4.66. The minimum absolute atomic E-state index is 0.0761. The fourth-order valence-electron chi connectivity index (χ4n) is 0.449. The van der Waals surface area contributed by atoms with Gasteiger partial charge in [0.2, 0.25) is 5.91 Å². The van der Waals surface area contributed by atoms with Crippen molar-refractivity contribution in [2.24, 2.45) is 0 Å². The number of hydrogen-bond acceptors (Lipinski definition) is 2. The molecule has 0 fully saturated rings. The Hall–Kier alpha value is -0.610. The van der Waals surface area contributed by atoms with E-state index >= 15 is 0 Å². The molecule has 0 aliphatic heterocycles. The molecule has 0 bridgehead atoms. The second kappa shape index (κ2) is 5.20. The number of hydrogen-bond donors (Lipinski definition) is 1. The average Bonchev–Trinajstić information content (AvgIpc) is 1.85. The summed E-state index contributed by atoms with van der Waals surface area (Å²) in [5.74, 6) is -0.165. The minimum atomic E-state index is -0.249. The van der Waals surface area contributed by atoms with Gasteiger partial charge >= 0.3 is 0 Å². The zero-order valence-electron chi connectivity index (χ0n) is 6.31. The molecule has 1 atom stereocenters. The molecule has 2 N–H and O–H groups in total. The summed E-state index contributed by atoms with van der Waals surface area (Å²) in [4.78, 5) is 10.6. The van der Waals surface area contributed by atoms with E-state index in [9.17, 15) is 4.79 Å². The van der Waals surface area contributed by atoms with Crippen molar-refractivity contribution in [2.45, 2.75) is 13.0 Å². The Morgan fingerprint density at radius 2 is 2.40 bits per heavy atom. The van der Waals surface area contributed by atoms with Gasteiger partial charge in [0, 0.05) is 19.7 Å². The normalized spacial score (nSPS) is 12.7. The van der Waals surface area contributed by atoms with Crippen molar-refractivity contribution in [3.63, 3.8) is 0 Å². The Kier molecular flexibility index (Phi) is 4.88. The smallest absolute Gasteiger partial charge is 0.246 e. The molecule has 59 valence electrons. The van der Waals surface area contributed by atoms with Crippen LogP contribution in [0.5, 0.6) is 0 Å². The summed E-state index contributed by atoms with van der Waals surface area (Å²) in [6, 6.07) is -0.249. The summed E-state index contributed by atoms with van der Waals surface area (Å²) in [7, 11) is 1.46. The Morgan fingerprint density at radius 3 is 2.80 bits per heavy atom. The van der Waals surface area contributed by atoms with Gasteiger partial charge in [-0.25, -0.2) is 0 Å². The van der Waals surface area contributed by atoms with E-state index in [0.29, 0.717) is 6.54 Å². The number of carbonyl (C=O) groups is 1. The summed E-state index contributed by atoms with van der Waals surface area (Å²) in [6.45, 7) is 2.18. The van der Waals surface area contributed by atoms with Crippen LogP contribution >= 0.6 is 0 Å². The molecule has 0 saturated carbocycles. The van der Waals surface area contributed by atoms with Crippen LogP contribution in [0.1, 0.15) is 6.92 Å². The van der Waals surface area contributed by atoms with Crippen molar-refractivity contribution in [3.05, 3.63) is 0 Å². The SMILES string of the molecule is COCC(=O)NCC(C)[NH]. The van der Waals surface area contributed by atoms with Gasteiger partial charge in [-0.3, -0.25) is 10.5 Å². The third kappa shape index (κ3) is 5.53. The maximum atomic E-state index is 10.6. The quantitative estimate of drug-likeness (QED) is 0.575. The average molecular weight is 145 g/mol. The van der Waals surface area contributed by atoms with Crippen LogP contribution in [-0.4, -0.2) is 32.2 Å². The van der Waals surface area contributed by atoms with Crippen LogP contribution in [0.4, 0.5) is 0 Å². The lowest BCUT2D eigenvalue weighted by atomic mass is 10.3. The molecular weight excluding hydrogens is 132 g/mol. The molecule has 0 rings (SSSR count). The summed E-state index contributed by atoms with van der Waals surface area (Å²) < 4.78 is 4.56. The van der Waals surface area contributed by atoms with Gasteiger partial charge in [0.1, 0.15) is 6.61 Å². The first kappa shape index (κ1) is 9.39. The molecule has 0 aliphatic carbocycles. The molecule has 0 saturated heterocycles. The molecule has 10 heavy (non-hydrogen) atoms. The Morgan fingerprint density at radius 1 is 1.80 bits per heavy atom. The lowest BCUT2D eigenvalue weighted by Crippen LogP contribution is -2.33. The molecule has 0 heterocycles. The molecule has 0 aromatic heterocycles. The molecule has 1 radical (unpaired) electrons. The molecule has 0 spiro atoms. The van der Waals surface area contributed by atoms with Crippen LogP contribution in [0.25, 0.3) is 0 Å². The fraction of sp³-hybridized carbons (Fsp3) is 0.833. The maximum Gasteiger partial charge on any atom is 0.246 e. The van der Waals surface area contributed by atoms with Crippen molar-refractivity contribution in [3.8, 4) is 0 Å². The lowest BCUT2D eigenvalue weighted by Gasteiger charge is -2.05. The molecule has 1 amide bonds. The van der Waals surface area contributed by atoms with E-state index in [2.05, 4.69) is 10.1 Å². The highest BCUT2D eigenvalue weighted by molar-refractivity contribution is 5.77. The molecule has 0 aromatic carbocycles. The van der Waals surface area contributed by atoms with Crippen molar-refractivity contribution in [1.29, 1.82) is 0 Å². The Bertz CT molecular complexity index is 104. The summed E-state index contributed by atoms with van der Waals surface area (Å²) in [6.07, 6.45) is 0. The Labute approximate surface area is 60.7 Å². The van der Waals surface area contributed by atoms with Gasteiger partial charge in [-0.05, 0) is 6.92 Å². The maximum absolute atomic E-state index is 10.6. The van der Waals surface area contributed by atoms with Crippen LogP contribution in [0.3, 0.4) is 0 Å². The number of rotatable bonds is 4. The molecule has 0 aromatic rings. The van der Waals surface area contributed by atoms with Gasteiger partial charge in [-0.15, -0.1) is 0 Å². The standard InChI is InChI=1S/C6H13N2O2/c1-5(7)3-8-6(9)4-10-2/h5,7H,3-4H2,1-2H3,(H,8,9). The van der Waals surface area contributed by atoms with Crippen LogP contribution in [-0.2, 0) is 9.53 Å². The third-order valence-corrected chi connectivity index (χ3v) is 0.881. The van der Waals surface area contributed by atoms with Crippen molar-refractivity contribution < 1.29 is 9.53 Å². The number of amides is 1. The van der Waals surface area contributed by atoms with E-state index in [1.807, 2.05) is 0 Å². The second-order valence-corrected chi connectivity index (χ2v) is 2.14. The summed E-state index contributed by atoms with van der Waals surface area (Å²) in [5, 5.41) is 2.53. The van der Waals surface area contributed by atoms with E-state index < -0.39 is 0 Å². The summed E-state index contributed by atoms with van der Waals surface area (Å²) >= 11 is 0. The number of carbonyl (C=O) groups excluding carboxylic acids is 1. The van der Waals surface area contributed by atoms with Gasteiger partial charge in [0.15, 0.2) is 0 Å². The zero-order valence-corrected chi connectivity index (χ0v) is 6.31. The third-order valence-electron chi connectivity index (χ3n) is 0.881. The van der Waals surface area contributed by atoms with E-state index in [-0.39, 0.29) is 18.6 Å². The number of ether oxygens (including phenoxy) is 1. The first-order valence-corrected chi connectivity index (χ1v) is 3.13. The molecule has 4 heteroatoms. The minimum Gasteiger partial charge on any atom is -0.375 e. The van der Waals surface area contributed by atoms with Gasteiger partial charge in [0.25, 0.3) is 0 Å². The largest absolute Gasteiger partial charge is 0.375 e. The second-order valence-electron chi connectivity index (χ2n) is 2.14. The van der Waals surface area contributed by atoms with E-state index in [0.717, 1.165) is 0 Å². The van der Waals surface area contributed by atoms with Gasteiger partial charge < -0.3 is 10.1 Å². The highest BCUT2D eigenvalue weighted by Crippen LogP contribution is 1.74. The monoisotopic (exact) mass is 145 g/mol. The highest BCUT2D eigenvalue weighted by atomic mass is 16.5. The van der Waals surface area contributed by atoms with E-state index in [1.54, 1.807) is 6.92 Å². The van der Waals surface area contributed by atoms with Crippen LogP contribution in [0, 0.1) is 0 Å². The highest BCUT2D eigenvalue weighted by Gasteiger charge is 1.99. The van der Waals surface area contributed by atoms with E-state index in [4.69, 9.17) is 5.73 Å². The van der Waals surface area contributed by atoms with Gasteiger partial charge in [0.05, 0.1) is 0 Å². The predicted molar refractivity (Wildman–Crippen MR) is 37.4 cm³/mol. The van der Waals surface area contributed by atoms with Crippen LogP contribution in [0.15, 0.2) is 0 Å². The van der Waals surface area contributed by atoms with Crippen LogP contribution in [0.2, 0.25) is 0 Å². The number of methoxy groups -OCH3 is 1. The molecular formula is C6H13N2O2. The van der Waals surface area contributed by atoms with Gasteiger partial charge in [-0.2, -0.15) is 0 Å². The molecule has 0 aliphatic rings. The van der Waals surface area contributed by atoms with Crippen molar-refractivity contribution in [1.82, 2.24) is 11.1 Å². The van der Waals surface area contributed by atoms with Crippen molar-refractivity contribution in [2.75, 3.05) is 20.3 Å². The molecule has 1 unspecified atom stereocenters. The topological polar surface area (TPSA) is 62.1 Å². The predicted octanol–water partition coefficient (Wildman–Crippen LogP) is -0.580. The zero-order chi connectivity index (χ0) is 7.98. The summed E-state index contributed by atoms with van der Waals surface area (Å²) in [5.41, 5.74) is 7.05. The fourth-order valence-corrected chi connectivity index (χ4v) is 0.449. The Balaban J connectivity index is 3.22. The molecule has 4 nitrogen and oxygen atoms in total.